The quantitative estimate of drug-likeness (QED) is 0.0261. The first-order chi connectivity index (χ1) is 34.5. The van der Waals surface area contributed by atoms with Gasteiger partial charge in [0.1, 0.15) is 13.2 Å². The summed E-state index contributed by atoms with van der Waals surface area (Å²) in [5.41, 5.74) is 0. The minimum absolute atomic E-state index is 0.0784. The number of unbranched alkanes of at least 4 members (excludes halogenated alkanes) is 34. The molecule has 1 atom stereocenters. The van der Waals surface area contributed by atoms with Crippen LogP contribution in [0.3, 0.4) is 0 Å². The van der Waals surface area contributed by atoms with Gasteiger partial charge < -0.3 is 14.2 Å². The topological polar surface area (TPSA) is 78.9 Å². The van der Waals surface area contributed by atoms with E-state index >= 15 is 0 Å². The van der Waals surface area contributed by atoms with Gasteiger partial charge in [-0.3, -0.25) is 14.4 Å². The molecule has 70 heavy (non-hydrogen) atoms. The van der Waals surface area contributed by atoms with Gasteiger partial charge in [-0.05, 0) is 83.5 Å². The molecule has 0 fully saturated rings. The van der Waals surface area contributed by atoms with E-state index in [1.54, 1.807) is 0 Å². The number of carbonyl (C=O) groups is 3. The zero-order valence-corrected chi connectivity index (χ0v) is 46.5. The molecular formula is C64H114O6. The first-order valence-corrected chi connectivity index (χ1v) is 30.3. The van der Waals surface area contributed by atoms with Crippen LogP contribution in [-0.4, -0.2) is 37.2 Å². The number of ether oxygens (including phenoxy) is 3. The first-order valence-electron chi connectivity index (χ1n) is 30.3. The highest BCUT2D eigenvalue weighted by molar-refractivity contribution is 5.71. The minimum Gasteiger partial charge on any atom is -0.462 e. The van der Waals surface area contributed by atoms with Crippen LogP contribution < -0.4 is 0 Å². The molecule has 0 aromatic heterocycles. The summed E-state index contributed by atoms with van der Waals surface area (Å²) in [6.45, 7) is 6.53. The van der Waals surface area contributed by atoms with Crippen molar-refractivity contribution in [2.45, 2.75) is 316 Å². The molecule has 0 bridgehead atoms. The van der Waals surface area contributed by atoms with Gasteiger partial charge in [0.2, 0.25) is 0 Å². The van der Waals surface area contributed by atoms with Crippen LogP contribution in [0.25, 0.3) is 0 Å². The largest absolute Gasteiger partial charge is 0.462 e. The van der Waals surface area contributed by atoms with E-state index in [0.29, 0.717) is 19.3 Å². The highest BCUT2D eigenvalue weighted by Gasteiger charge is 2.19. The van der Waals surface area contributed by atoms with E-state index in [2.05, 4.69) is 81.5 Å². The second-order valence-corrected chi connectivity index (χ2v) is 20.2. The Morgan fingerprint density at radius 3 is 0.871 bits per heavy atom. The van der Waals surface area contributed by atoms with Crippen LogP contribution >= 0.6 is 0 Å². The van der Waals surface area contributed by atoms with Crippen molar-refractivity contribution in [2.24, 2.45) is 0 Å². The maximum atomic E-state index is 12.8. The Hall–Kier alpha value is -2.89. The highest BCUT2D eigenvalue weighted by Crippen LogP contribution is 2.16. The maximum absolute atomic E-state index is 12.8. The Morgan fingerprint density at radius 1 is 0.300 bits per heavy atom. The Kier molecular flexibility index (Phi) is 56.3. The lowest BCUT2D eigenvalue weighted by atomic mass is 10.0. The summed E-state index contributed by atoms with van der Waals surface area (Å²) in [5.74, 6) is -0.883. The summed E-state index contributed by atoms with van der Waals surface area (Å²) in [6.07, 6.45) is 73.7. The van der Waals surface area contributed by atoms with E-state index in [1.165, 1.54) is 167 Å². The molecule has 0 saturated heterocycles. The van der Waals surface area contributed by atoms with Crippen molar-refractivity contribution in [1.82, 2.24) is 0 Å². The summed E-state index contributed by atoms with van der Waals surface area (Å²) in [7, 11) is 0. The smallest absolute Gasteiger partial charge is 0.306 e. The molecule has 0 rings (SSSR count). The minimum atomic E-state index is -0.781. The lowest BCUT2D eigenvalue weighted by Crippen LogP contribution is -2.30. The fraction of sp³-hybridized carbons (Fsp3) is 0.797. The Balaban J connectivity index is 4.25. The molecule has 0 saturated carbocycles. The van der Waals surface area contributed by atoms with Crippen LogP contribution in [0, 0.1) is 0 Å². The maximum Gasteiger partial charge on any atom is 0.306 e. The zero-order chi connectivity index (χ0) is 50.7. The standard InChI is InChI=1S/C64H114O6/c1-4-7-10-13-16-19-22-25-27-28-29-30-31-32-33-34-35-36-38-39-42-45-48-51-54-57-63(66)69-60-61(59-68-62(65)56-53-50-47-44-41-24-21-18-15-12-9-6-3)70-64(67)58-55-52-49-46-43-40-37-26-23-20-17-14-11-8-5-2/h8,11,17,20,22,25-26,28-29,37,61H,4-7,9-10,12-16,18-19,21,23-24,27,30-36,38-60H2,1-3H3/b11-8-,20-17-,25-22-,29-28-,37-26-. The summed E-state index contributed by atoms with van der Waals surface area (Å²) < 4.78 is 16.9. The zero-order valence-electron chi connectivity index (χ0n) is 46.5. The molecule has 0 aliphatic heterocycles. The first kappa shape index (κ1) is 67.1. The molecule has 1 unspecified atom stereocenters. The van der Waals surface area contributed by atoms with Crippen molar-refractivity contribution in [3.8, 4) is 0 Å². The molecule has 0 aliphatic carbocycles. The highest BCUT2D eigenvalue weighted by atomic mass is 16.6. The van der Waals surface area contributed by atoms with Gasteiger partial charge in [0.25, 0.3) is 0 Å². The second kappa shape index (κ2) is 58.7. The number of esters is 3. The molecule has 6 nitrogen and oxygen atoms in total. The molecule has 0 amide bonds. The van der Waals surface area contributed by atoms with E-state index in [0.717, 1.165) is 103 Å². The molecule has 0 N–H and O–H groups in total. The predicted octanol–water partition coefficient (Wildman–Crippen LogP) is 20.4. The van der Waals surface area contributed by atoms with E-state index < -0.39 is 6.10 Å². The predicted molar refractivity (Wildman–Crippen MR) is 302 cm³/mol. The normalized spacial score (nSPS) is 12.4. The average molecular weight is 980 g/mol. The molecule has 406 valence electrons. The van der Waals surface area contributed by atoms with Crippen molar-refractivity contribution in [3.05, 3.63) is 60.8 Å². The summed E-state index contributed by atoms with van der Waals surface area (Å²) in [5, 5.41) is 0. The van der Waals surface area contributed by atoms with Gasteiger partial charge in [0, 0.05) is 19.3 Å². The third-order valence-electron chi connectivity index (χ3n) is 13.3. The van der Waals surface area contributed by atoms with Crippen molar-refractivity contribution < 1.29 is 28.6 Å². The van der Waals surface area contributed by atoms with Crippen LogP contribution in [0.4, 0.5) is 0 Å². The Bertz CT molecular complexity index is 1260. The van der Waals surface area contributed by atoms with Crippen LogP contribution in [0.15, 0.2) is 60.8 Å². The third kappa shape index (κ3) is 56.0. The molecule has 0 aromatic rings. The number of allylic oxidation sites excluding steroid dienone is 10. The van der Waals surface area contributed by atoms with Crippen molar-refractivity contribution in [3.63, 3.8) is 0 Å². The van der Waals surface area contributed by atoms with Crippen molar-refractivity contribution >= 4 is 17.9 Å². The van der Waals surface area contributed by atoms with Gasteiger partial charge in [0.15, 0.2) is 6.10 Å². The third-order valence-corrected chi connectivity index (χ3v) is 13.3. The molecule has 0 aromatic carbocycles. The van der Waals surface area contributed by atoms with Crippen molar-refractivity contribution in [2.75, 3.05) is 13.2 Å². The van der Waals surface area contributed by atoms with Crippen LogP contribution in [0.1, 0.15) is 310 Å². The molecule has 0 heterocycles. The van der Waals surface area contributed by atoms with E-state index in [4.69, 9.17) is 14.2 Å². The van der Waals surface area contributed by atoms with E-state index in [9.17, 15) is 14.4 Å². The molecule has 0 aliphatic rings. The van der Waals surface area contributed by atoms with Gasteiger partial charge in [-0.1, -0.05) is 268 Å². The van der Waals surface area contributed by atoms with E-state index in [-0.39, 0.29) is 31.1 Å². The SMILES string of the molecule is CC/C=C\C/C=C\C/C=C\CCCCCCCC(=O)OC(COC(=O)CCCCCCCCCCCCCC)COC(=O)CCCCCCCCCCCCCCC/C=C\C/C=C\CCCCCCC. The second-order valence-electron chi connectivity index (χ2n) is 20.2. The van der Waals surface area contributed by atoms with Gasteiger partial charge in [-0.2, -0.15) is 0 Å². The fourth-order valence-electron chi connectivity index (χ4n) is 8.72. The van der Waals surface area contributed by atoms with Gasteiger partial charge in [-0.15, -0.1) is 0 Å². The number of hydrogen-bond donors (Lipinski definition) is 0. The van der Waals surface area contributed by atoms with Crippen molar-refractivity contribution in [1.29, 1.82) is 0 Å². The molecule has 0 spiro atoms. The van der Waals surface area contributed by atoms with E-state index in [1.807, 2.05) is 0 Å². The van der Waals surface area contributed by atoms with Crippen LogP contribution in [-0.2, 0) is 28.6 Å². The lowest BCUT2D eigenvalue weighted by Gasteiger charge is -2.18. The van der Waals surface area contributed by atoms with Gasteiger partial charge >= 0.3 is 17.9 Å². The molecule has 6 heteroatoms. The number of hydrogen-bond acceptors (Lipinski definition) is 6. The lowest BCUT2D eigenvalue weighted by molar-refractivity contribution is -0.167. The van der Waals surface area contributed by atoms with Gasteiger partial charge in [0.05, 0.1) is 0 Å². The van der Waals surface area contributed by atoms with Crippen LogP contribution in [0.2, 0.25) is 0 Å². The monoisotopic (exact) mass is 979 g/mol. The number of rotatable bonds is 55. The average Bonchev–Trinajstić information content (AvgIpc) is 3.36. The molecular weight excluding hydrogens is 865 g/mol. The Morgan fingerprint density at radius 2 is 0.557 bits per heavy atom. The molecule has 0 radical (unpaired) electrons. The van der Waals surface area contributed by atoms with Crippen LogP contribution in [0.5, 0.6) is 0 Å². The fourth-order valence-corrected chi connectivity index (χ4v) is 8.72. The summed E-state index contributed by atoms with van der Waals surface area (Å²) in [4.78, 5) is 38.2. The number of carbonyl (C=O) groups excluding carboxylic acids is 3. The Labute approximate surface area is 434 Å². The summed E-state index contributed by atoms with van der Waals surface area (Å²) >= 11 is 0. The van der Waals surface area contributed by atoms with Gasteiger partial charge in [-0.25, -0.2) is 0 Å². The summed E-state index contributed by atoms with van der Waals surface area (Å²) in [6, 6.07) is 0.